The number of aliphatic imine (C=N–C) groups is 1. The number of hydrogen-bond donors (Lipinski definition) is 1. The van der Waals surface area contributed by atoms with Crippen LogP contribution in [-0.4, -0.2) is 34.0 Å². The monoisotopic (exact) mass is 389 g/mol. The minimum atomic E-state index is -1.89. The van der Waals surface area contributed by atoms with Crippen molar-refractivity contribution in [1.29, 1.82) is 0 Å². The zero-order chi connectivity index (χ0) is 19.2. The molecule has 1 fully saturated rings. The molecule has 1 aromatic heterocycles. The van der Waals surface area contributed by atoms with Crippen LogP contribution in [0.4, 0.5) is 14.7 Å². The van der Waals surface area contributed by atoms with Crippen LogP contribution in [0.3, 0.4) is 0 Å². The van der Waals surface area contributed by atoms with Crippen molar-refractivity contribution in [3.8, 4) is 0 Å². The summed E-state index contributed by atoms with van der Waals surface area (Å²) in [7, 11) is 0. The summed E-state index contributed by atoms with van der Waals surface area (Å²) in [5.41, 5.74) is 4.53. The Morgan fingerprint density at radius 2 is 2.04 bits per heavy atom. The summed E-state index contributed by atoms with van der Waals surface area (Å²) in [5, 5.41) is 0.558. The van der Waals surface area contributed by atoms with Crippen molar-refractivity contribution in [2.45, 2.75) is 25.1 Å². The summed E-state index contributed by atoms with van der Waals surface area (Å²) >= 11 is 1.54. The van der Waals surface area contributed by atoms with Crippen molar-refractivity contribution in [3.63, 3.8) is 0 Å². The molecule has 3 heterocycles. The highest BCUT2D eigenvalue weighted by Gasteiger charge is 2.50. The summed E-state index contributed by atoms with van der Waals surface area (Å²) in [6.45, 7) is 3.75. The smallest absolute Gasteiger partial charge is 0.225 e. The summed E-state index contributed by atoms with van der Waals surface area (Å²) in [4.78, 5) is 15.1. The van der Waals surface area contributed by atoms with E-state index in [0.29, 0.717) is 24.2 Å². The Morgan fingerprint density at radius 3 is 2.74 bits per heavy atom. The van der Waals surface area contributed by atoms with Crippen molar-refractivity contribution in [1.82, 2.24) is 9.97 Å². The molecule has 0 saturated carbocycles. The number of hydrogen-bond acceptors (Lipinski definition) is 6. The fourth-order valence-corrected chi connectivity index (χ4v) is 4.81. The second-order valence-electron chi connectivity index (χ2n) is 7.47. The van der Waals surface area contributed by atoms with E-state index in [2.05, 4.69) is 9.97 Å². The standard InChI is InChI=1S/C19H21F2N5S/c1-18(2,21)15-14(20)8-23-17(24-15)26-9-13-10-27-16(22)25-19(13,11-26)12-6-4-3-5-7-12/h3-8,13H,9-11H2,1-2H3,(H2,22,25)/t13-,19+/m0/s1. The molecule has 0 unspecified atom stereocenters. The Morgan fingerprint density at radius 1 is 1.30 bits per heavy atom. The van der Waals surface area contributed by atoms with Crippen molar-refractivity contribution >= 4 is 22.9 Å². The molecule has 2 aromatic rings. The lowest BCUT2D eigenvalue weighted by molar-refractivity contribution is 0.205. The van der Waals surface area contributed by atoms with Gasteiger partial charge in [-0.25, -0.2) is 23.7 Å². The first-order chi connectivity index (χ1) is 12.8. The van der Waals surface area contributed by atoms with Crippen molar-refractivity contribution in [2.24, 2.45) is 16.6 Å². The fourth-order valence-electron chi connectivity index (χ4n) is 3.83. The highest BCUT2D eigenvalue weighted by molar-refractivity contribution is 8.13. The van der Waals surface area contributed by atoms with Crippen LogP contribution < -0.4 is 10.6 Å². The average Bonchev–Trinajstić information content (AvgIpc) is 3.02. The molecule has 4 rings (SSSR count). The van der Waals surface area contributed by atoms with Gasteiger partial charge in [0.15, 0.2) is 11.0 Å². The van der Waals surface area contributed by atoms with Gasteiger partial charge in [0.1, 0.15) is 16.9 Å². The van der Waals surface area contributed by atoms with Gasteiger partial charge in [0.05, 0.1) is 12.7 Å². The lowest BCUT2D eigenvalue weighted by Gasteiger charge is -2.34. The zero-order valence-electron chi connectivity index (χ0n) is 15.2. The van der Waals surface area contributed by atoms with E-state index in [4.69, 9.17) is 10.7 Å². The number of amidine groups is 1. The molecule has 1 aromatic carbocycles. The SMILES string of the molecule is CC(C)(F)c1nc(N2C[C@H]3CSC(N)=N[C@@]3(c3ccccc3)C2)ncc1F. The molecule has 8 heteroatoms. The predicted octanol–water partition coefficient (Wildman–Crippen LogP) is 3.21. The topological polar surface area (TPSA) is 67.4 Å². The number of benzene rings is 1. The molecule has 0 aliphatic carbocycles. The van der Waals surface area contributed by atoms with Crippen LogP contribution in [0.2, 0.25) is 0 Å². The number of nitrogens with zero attached hydrogens (tertiary/aromatic N) is 4. The Labute approximate surface area is 161 Å². The molecule has 0 amide bonds. The van der Waals surface area contributed by atoms with Crippen LogP contribution in [0.5, 0.6) is 0 Å². The van der Waals surface area contributed by atoms with E-state index in [1.807, 2.05) is 35.2 Å². The van der Waals surface area contributed by atoms with Crippen LogP contribution in [0.1, 0.15) is 25.1 Å². The molecule has 5 nitrogen and oxygen atoms in total. The normalized spacial score (nSPS) is 25.3. The minimum absolute atomic E-state index is 0.202. The van der Waals surface area contributed by atoms with Gasteiger partial charge >= 0.3 is 0 Å². The maximum Gasteiger partial charge on any atom is 0.225 e. The molecule has 1 saturated heterocycles. The van der Waals surface area contributed by atoms with Gasteiger partial charge in [-0.15, -0.1) is 0 Å². The summed E-state index contributed by atoms with van der Waals surface area (Å²) < 4.78 is 28.4. The lowest BCUT2D eigenvalue weighted by atomic mass is 9.82. The van der Waals surface area contributed by atoms with Crippen LogP contribution in [0, 0.1) is 11.7 Å². The van der Waals surface area contributed by atoms with Crippen LogP contribution >= 0.6 is 11.8 Å². The highest BCUT2D eigenvalue weighted by atomic mass is 32.2. The average molecular weight is 389 g/mol. The first-order valence-corrected chi connectivity index (χ1v) is 9.79. The molecule has 0 radical (unpaired) electrons. The van der Waals surface area contributed by atoms with Crippen LogP contribution in [-0.2, 0) is 11.2 Å². The van der Waals surface area contributed by atoms with E-state index in [9.17, 15) is 8.78 Å². The van der Waals surface area contributed by atoms with Crippen molar-refractivity contribution < 1.29 is 8.78 Å². The van der Waals surface area contributed by atoms with Gasteiger partial charge in [-0.3, -0.25) is 0 Å². The third kappa shape index (κ3) is 3.16. The molecule has 0 bridgehead atoms. The number of aromatic nitrogens is 2. The van der Waals surface area contributed by atoms with E-state index in [1.54, 1.807) is 0 Å². The number of fused-ring (bicyclic) bond motifs is 1. The van der Waals surface area contributed by atoms with Gasteiger partial charge in [0, 0.05) is 18.2 Å². The second kappa shape index (κ2) is 6.44. The van der Waals surface area contributed by atoms with Crippen molar-refractivity contribution in [2.75, 3.05) is 23.7 Å². The molecule has 142 valence electrons. The van der Waals surface area contributed by atoms with Gasteiger partial charge in [-0.2, -0.15) is 0 Å². The molecule has 2 aliphatic heterocycles. The van der Waals surface area contributed by atoms with Crippen LogP contribution in [0.25, 0.3) is 0 Å². The first kappa shape index (κ1) is 18.2. The quantitative estimate of drug-likeness (QED) is 0.873. The van der Waals surface area contributed by atoms with Gasteiger partial charge in [0.25, 0.3) is 0 Å². The Hall–Kier alpha value is -2.22. The first-order valence-electron chi connectivity index (χ1n) is 8.80. The molecule has 27 heavy (non-hydrogen) atoms. The minimum Gasteiger partial charge on any atom is -0.379 e. The lowest BCUT2D eigenvalue weighted by Crippen LogP contribution is -2.40. The van der Waals surface area contributed by atoms with E-state index in [-0.39, 0.29) is 11.6 Å². The van der Waals surface area contributed by atoms with Gasteiger partial charge < -0.3 is 10.6 Å². The van der Waals surface area contributed by atoms with E-state index >= 15 is 0 Å². The van der Waals surface area contributed by atoms with Gasteiger partial charge in [-0.1, -0.05) is 42.1 Å². The second-order valence-corrected chi connectivity index (χ2v) is 8.51. The van der Waals surface area contributed by atoms with E-state index in [1.165, 1.54) is 25.6 Å². The fraction of sp³-hybridized carbons (Fsp3) is 0.421. The number of nitrogens with two attached hydrogens (primary N) is 1. The molecular formula is C19H21F2N5S. The molecule has 2 N–H and O–H groups in total. The highest BCUT2D eigenvalue weighted by Crippen LogP contribution is 2.46. The van der Waals surface area contributed by atoms with Crippen molar-refractivity contribution in [3.05, 3.63) is 53.6 Å². The van der Waals surface area contributed by atoms with Gasteiger partial charge in [0.2, 0.25) is 5.95 Å². The molecule has 0 spiro atoms. The third-order valence-electron chi connectivity index (χ3n) is 5.14. The number of rotatable bonds is 3. The summed E-state index contributed by atoms with van der Waals surface area (Å²) in [5.74, 6) is 0.607. The maximum absolute atomic E-state index is 14.3. The summed E-state index contributed by atoms with van der Waals surface area (Å²) in [6.07, 6.45) is 1.04. The zero-order valence-corrected chi connectivity index (χ0v) is 16.0. The van der Waals surface area contributed by atoms with E-state index < -0.39 is 17.0 Å². The molecular weight excluding hydrogens is 368 g/mol. The van der Waals surface area contributed by atoms with Crippen LogP contribution in [0.15, 0.2) is 41.5 Å². The third-order valence-corrected chi connectivity index (χ3v) is 6.10. The Balaban J connectivity index is 1.75. The number of halogens is 2. The number of thioether (sulfide) groups is 1. The number of anilines is 1. The molecule has 2 aliphatic rings. The Bertz CT molecular complexity index is 883. The van der Waals surface area contributed by atoms with E-state index in [0.717, 1.165) is 17.5 Å². The molecule has 2 atom stereocenters. The predicted molar refractivity (Wildman–Crippen MR) is 104 cm³/mol. The summed E-state index contributed by atoms with van der Waals surface area (Å²) in [6, 6.07) is 10.0. The Kier molecular flexibility index (Phi) is 4.33. The largest absolute Gasteiger partial charge is 0.379 e. The van der Waals surface area contributed by atoms with Gasteiger partial charge in [-0.05, 0) is 19.4 Å². The maximum atomic E-state index is 14.3. The number of alkyl halides is 1.